The van der Waals surface area contributed by atoms with Crippen LogP contribution in [0.3, 0.4) is 0 Å². The molecule has 0 aliphatic carbocycles. The van der Waals surface area contributed by atoms with Crippen LogP contribution < -0.4 is 9.46 Å². The number of pyridine rings is 1. The molecule has 0 bridgehead atoms. The fourth-order valence-corrected chi connectivity index (χ4v) is 2.83. The Morgan fingerprint density at radius 2 is 1.96 bits per heavy atom. The number of aromatic amines is 1. The monoisotopic (exact) mass is 367 g/mol. The van der Waals surface area contributed by atoms with Crippen molar-refractivity contribution >= 4 is 28.8 Å². The van der Waals surface area contributed by atoms with E-state index in [1.165, 1.54) is 24.2 Å². The summed E-state index contributed by atoms with van der Waals surface area (Å²) in [5.41, 5.74) is -0.0214. The number of fused-ring (bicyclic) bond motifs is 1. The largest absolute Gasteiger partial charge is 0.573 e. The zero-order chi connectivity index (χ0) is 17.9. The van der Waals surface area contributed by atoms with Crippen LogP contribution in [0.15, 0.2) is 53.6 Å². The molecule has 0 saturated carbocycles. The van der Waals surface area contributed by atoms with Crippen molar-refractivity contribution in [1.82, 2.24) is 14.7 Å². The van der Waals surface area contributed by atoms with Crippen LogP contribution in [0.25, 0.3) is 11.0 Å². The third kappa shape index (κ3) is 4.31. The number of carbonyl (C=O) groups excluding carboxylic acids is 1. The van der Waals surface area contributed by atoms with E-state index in [4.69, 9.17) is 0 Å². The number of H-pyrrole nitrogens is 1. The van der Waals surface area contributed by atoms with Gasteiger partial charge < -0.3 is 9.72 Å². The number of benzene rings is 1. The molecule has 130 valence electrons. The van der Waals surface area contributed by atoms with E-state index in [-0.39, 0.29) is 17.8 Å². The summed E-state index contributed by atoms with van der Waals surface area (Å²) >= 11 is 1.21. The van der Waals surface area contributed by atoms with Crippen molar-refractivity contribution in [2.45, 2.75) is 11.3 Å². The molecule has 0 aliphatic rings. The van der Waals surface area contributed by atoms with Gasteiger partial charge in [-0.05, 0) is 36.2 Å². The second-order valence-corrected chi connectivity index (χ2v) is 5.90. The number of ether oxygens (including phenoxy) is 1. The Morgan fingerprint density at radius 3 is 2.68 bits per heavy atom. The van der Waals surface area contributed by atoms with Gasteiger partial charge in [0.2, 0.25) is 0 Å². The van der Waals surface area contributed by atoms with Gasteiger partial charge in [0.05, 0.1) is 12.1 Å². The number of ketones is 1. The minimum Gasteiger partial charge on any atom is -0.401 e. The molecule has 2 N–H and O–H groups in total. The minimum atomic E-state index is -4.92. The molecule has 0 spiro atoms. The summed E-state index contributed by atoms with van der Waals surface area (Å²) in [5.74, 6) is -1.18. The smallest absolute Gasteiger partial charge is 0.401 e. The first kappa shape index (κ1) is 17.3. The number of nitrogens with one attached hydrogen (secondary N) is 2. The third-order valence-electron chi connectivity index (χ3n) is 3.17. The summed E-state index contributed by atoms with van der Waals surface area (Å²) in [6.45, 7) is -0.180. The highest BCUT2D eigenvalue weighted by Crippen LogP contribution is 2.33. The van der Waals surface area contributed by atoms with E-state index >= 15 is 0 Å². The van der Waals surface area contributed by atoms with Gasteiger partial charge in [-0.2, -0.15) is 0 Å². The summed E-state index contributed by atoms with van der Waals surface area (Å²) in [6.07, 6.45) is -3.59. The van der Waals surface area contributed by atoms with E-state index < -0.39 is 17.9 Å². The summed E-state index contributed by atoms with van der Waals surface area (Å²) in [6, 6.07) is 12.3. The van der Waals surface area contributed by atoms with Gasteiger partial charge in [-0.1, -0.05) is 18.2 Å². The number of hydrogen-bond acceptors (Lipinski definition) is 5. The average molecular weight is 367 g/mol. The SMILES string of the molecule is O=C(CNSc1ccccc1)c1[nH]c2cccnc2c1OC(F)(F)F. The third-order valence-corrected chi connectivity index (χ3v) is 3.97. The number of nitrogens with zero attached hydrogens (tertiary/aromatic N) is 1. The lowest BCUT2D eigenvalue weighted by atomic mass is 10.2. The number of Topliss-reactive ketones (excluding diaryl/α,β-unsaturated/α-hetero) is 1. The van der Waals surface area contributed by atoms with Gasteiger partial charge in [-0.3, -0.25) is 14.5 Å². The van der Waals surface area contributed by atoms with Gasteiger partial charge in [0.25, 0.3) is 0 Å². The maximum atomic E-state index is 12.7. The standard InChI is InChI=1S/C16H12F3N3O2S/c17-16(18,19)24-15-13-11(7-4-8-20-13)22-14(15)12(23)9-21-25-10-5-2-1-3-6-10/h1-8,21-22H,9H2. The van der Waals surface area contributed by atoms with E-state index in [1.54, 1.807) is 6.07 Å². The summed E-state index contributed by atoms with van der Waals surface area (Å²) < 4.78 is 44.9. The molecule has 3 rings (SSSR count). The molecule has 25 heavy (non-hydrogen) atoms. The lowest BCUT2D eigenvalue weighted by molar-refractivity contribution is -0.274. The van der Waals surface area contributed by atoms with Crippen LogP contribution in [-0.2, 0) is 0 Å². The van der Waals surface area contributed by atoms with Crippen molar-refractivity contribution in [1.29, 1.82) is 0 Å². The number of rotatable bonds is 6. The number of halogens is 3. The molecule has 1 aromatic carbocycles. The number of alkyl halides is 3. The van der Waals surface area contributed by atoms with Gasteiger partial charge >= 0.3 is 6.36 Å². The second kappa shape index (κ2) is 7.16. The van der Waals surface area contributed by atoms with Gasteiger partial charge in [-0.15, -0.1) is 13.2 Å². The Hall–Kier alpha value is -2.52. The highest BCUT2D eigenvalue weighted by molar-refractivity contribution is 7.97. The van der Waals surface area contributed by atoms with Crippen LogP contribution in [0, 0.1) is 0 Å². The molecule has 0 atom stereocenters. The van der Waals surface area contributed by atoms with Crippen LogP contribution in [0.1, 0.15) is 10.5 Å². The fraction of sp³-hybridized carbons (Fsp3) is 0.125. The maximum absolute atomic E-state index is 12.7. The molecule has 3 aromatic rings. The van der Waals surface area contributed by atoms with E-state index in [9.17, 15) is 18.0 Å². The zero-order valence-electron chi connectivity index (χ0n) is 12.6. The summed E-state index contributed by atoms with van der Waals surface area (Å²) in [7, 11) is 0. The van der Waals surface area contributed by atoms with Crippen LogP contribution in [0.4, 0.5) is 13.2 Å². The van der Waals surface area contributed by atoms with Gasteiger partial charge in [-0.25, -0.2) is 0 Å². The molecule has 0 saturated heterocycles. The lowest BCUT2D eigenvalue weighted by Gasteiger charge is -2.09. The average Bonchev–Trinajstić information content (AvgIpc) is 2.93. The fourth-order valence-electron chi connectivity index (χ4n) is 2.17. The zero-order valence-corrected chi connectivity index (χ0v) is 13.4. The topological polar surface area (TPSA) is 67.0 Å². The Morgan fingerprint density at radius 1 is 1.20 bits per heavy atom. The molecule has 9 heteroatoms. The van der Waals surface area contributed by atoms with Gasteiger partial charge in [0.1, 0.15) is 11.2 Å². The molecule has 0 amide bonds. The highest BCUT2D eigenvalue weighted by atomic mass is 32.2. The van der Waals surface area contributed by atoms with Crippen molar-refractivity contribution in [2.75, 3.05) is 6.54 Å². The number of carbonyl (C=O) groups is 1. The van der Waals surface area contributed by atoms with E-state index in [0.717, 1.165) is 4.90 Å². The van der Waals surface area contributed by atoms with Gasteiger partial charge in [0.15, 0.2) is 11.5 Å². The first-order valence-electron chi connectivity index (χ1n) is 7.14. The minimum absolute atomic E-state index is 0.0427. The molecular weight excluding hydrogens is 355 g/mol. The summed E-state index contributed by atoms with van der Waals surface area (Å²) in [4.78, 5) is 19.7. The molecule has 2 aromatic heterocycles. The molecule has 0 radical (unpaired) electrons. The summed E-state index contributed by atoms with van der Waals surface area (Å²) in [5, 5.41) is 0. The Bertz CT molecular complexity index is 881. The van der Waals surface area contributed by atoms with Crippen molar-refractivity contribution in [3.8, 4) is 5.75 Å². The second-order valence-electron chi connectivity index (χ2n) is 4.94. The van der Waals surface area contributed by atoms with E-state index in [2.05, 4.69) is 19.4 Å². The molecule has 0 fully saturated rings. The molecular formula is C16H12F3N3O2S. The number of hydrogen-bond donors (Lipinski definition) is 2. The quantitative estimate of drug-likeness (QED) is 0.510. The van der Waals surface area contributed by atoms with Crippen LogP contribution in [0.5, 0.6) is 5.75 Å². The first-order chi connectivity index (χ1) is 11.9. The van der Waals surface area contributed by atoms with Crippen molar-refractivity contribution in [3.63, 3.8) is 0 Å². The molecule has 2 heterocycles. The Labute approximate surface area is 144 Å². The molecule has 5 nitrogen and oxygen atoms in total. The van der Waals surface area contributed by atoms with Crippen LogP contribution in [-0.4, -0.2) is 28.7 Å². The lowest BCUT2D eigenvalue weighted by Crippen LogP contribution is -2.21. The predicted octanol–water partition coefficient (Wildman–Crippen LogP) is 3.94. The maximum Gasteiger partial charge on any atom is 0.573 e. The highest BCUT2D eigenvalue weighted by Gasteiger charge is 2.35. The molecule has 0 aliphatic heterocycles. The Balaban J connectivity index is 1.79. The van der Waals surface area contributed by atoms with Crippen LogP contribution in [0.2, 0.25) is 0 Å². The van der Waals surface area contributed by atoms with E-state index in [0.29, 0.717) is 5.52 Å². The number of aromatic nitrogens is 2. The van der Waals surface area contributed by atoms with E-state index in [1.807, 2.05) is 30.3 Å². The van der Waals surface area contributed by atoms with Crippen molar-refractivity contribution in [3.05, 3.63) is 54.4 Å². The predicted molar refractivity (Wildman–Crippen MR) is 87.4 cm³/mol. The van der Waals surface area contributed by atoms with Gasteiger partial charge in [0, 0.05) is 11.1 Å². The van der Waals surface area contributed by atoms with Crippen LogP contribution >= 0.6 is 11.9 Å². The normalized spacial score (nSPS) is 11.6. The van der Waals surface area contributed by atoms with Crippen molar-refractivity contribution in [2.24, 2.45) is 0 Å². The first-order valence-corrected chi connectivity index (χ1v) is 7.96. The van der Waals surface area contributed by atoms with Crippen molar-refractivity contribution < 1.29 is 22.7 Å². The Kier molecular flexibility index (Phi) is 4.95. The molecule has 0 unspecified atom stereocenters.